The summed E-state index contributed by atoms with van der Waals surface area (Å²) in [4.78, 5) is 25.7. The Morgan fingerprint density at radius 1 is 0.600 bits per heavy atom. The van der Waals surface area contributed by atoms with Crippen LogP contribution in [-0.4, -0.2) is 11.6 Å². The Hall–Kier alpha value is -3.92. The van der Waals surface area contributed by atoms with Crippen molar-refractivity contribution in [1.82, 2.24) is 0 Å². The SMILES string of the molecule is Cc1c(C(=O)c2ccccc2)oc2cc3oc(C(=O)c4ccccc4)c(C)c3cc12. The first-order valence-corrected chi connectivity index (χ1v) is 9.70. The van der Waals surface area contributed by atoms with Crippen molar-refractivity contribution in [3.63, 3.8) is 0 Å². The summed E-state index contributed by atoms with van der Waals surface area (Å²) < 4.78 is 11.8. The topological polar surface area (TPSA) is 60.4 Å². The summed E-state index contributed by atoms with van der Waals surface area (Å²) in [7, 11) is 0. The Morgan fingerprint density at radius 3 is 1.40 bits per heavy atom. The van der Waals surface area contributed by atoms with Crippen molar-refractivity contribution in [2.45, 2.75) is 13.8 Å². The van der Waals surface area contributed by atoms with Crippen molar-refractivity contribution < 1.29 is 18.4 Å². The molecule has 4 nitrogen and oxygen atoms in total. The predicted octanol–water partition coefficient (Wildman–Crippen LogP) is 6.26. The molecule has 0 bridgehead atoms. The normalized spacial score (nSPS) is 11.3. The quantitative estimate of drug-likeness (QED) is 0.338. The van der Waals surface area contributed by atoms with Crippen molar-refractivity contribution in [3.05, 3.63) is 107 Å². The zero-order valence-electron chi connectivity index (χ0n) is 16.6. The van der Waals surface area contributed by atoms with Crippen LogP contribution in [0.15, 0.2) is 81.6 Å². The van der Waals surface area contributed by atoms with E-state index in [4.69, 9.17) is 8.83 Å². The summed E-state index contributed by atoms with van der Waals surface area (Å²) in [6, 6.07) is 21.8. The maximum absolute atomic E-state index is 12.9. The molecule has 0 aliphatic rings. The van der Waals surface area contributed by atoms with E-state index in [0.29, 0.717) is 33.8 Å². The van der Waals surface area contributed by atoms with Crippen LogP contribution in [0, 0.1) is 13.8 Å². The largest absolute Gasteiger partial charge is 0.452 e. The average Bonchev–Trinajstić information content (AvgIpc) is 3.29. The Balaban J connectivity index is 1.63. The van der Waals surface area contributed by atoms with Crippen molar-refractivity contribution >= 4 is 33.5 Å². The van der Waals surface area contributed by atoms with Gasteiger partial charge in [0.15, 0.2) is 11.5 Å². The van der Waals surface area contributed by atoms with Gasteiger partial charge in [0.05, 0.1) is 0 Å². The van der Waals surface area contributed by atoms with Gasteiger partial charge in [0, 0.05) is 39.1 Å². The van der Waals surface area contributed by atoms with E-state index in [1.165, 1.54) is 0 Å². The van der Waals surface area contributed by atoms with Crippen molar-refractivity contribution in [2.75, 3.05) is 0 Å². The number of carbonyl (C=O) groups excluding carboxylic acids is 2. The summed E-state index contributed by atoms with van der Waals surface area (Å²) in [5.41, 5.74) is 3.83. The lowest BCUT2D eigenvalue weighted by molar-refractivity contribution is 0.100. The molecule has 146 valence electrons. The molecule has 4 heteroatoms. The van der Waals surface area contributed by atoms with E-state index in [9.17, 15) is 9.59 Å². The predicted molar refractivity (Wildman–Crippen MR) is 115 cm³/mol. The maximum Gasteiger partial charge on any atom is 0.228 e. The lowest BCUT2D eigenvalue weighted by Crippen LogP contribution is -2.01. The highest BCUT2D eigenvalue weighted by Gasteiger charge is 2.23. The smallest absolute Gasteiger partial charge is 0.228 e. The first-order valence-electron chi connectivity index (χ1n) is 9.70. The van der Waals surface area contributed by atoms with Gasteiger partial charge >= 0.3 is 0 Å². The van der Waals surface area contributed by atoms with E-state index in [2.05, 4.69) is 0 Å². The lowest BCUT2D eigenvalue weighted by Gasteiger charge is -1.98. The molecular weight excluding hydrogens is 376 g/mol. The molecule has 0 saturated carbocycles. The molecule has 5 rings (SSSR count). The number of rotatable bonds is 4. The molecule has 0 unspecified atom stereocenters. The minimum Gasteiger partial charge on any atom is -0.452 e. The van der Waals surface area contributed by atoms with E-state index < -0.39 is 0 Å². The number of ketones is 2. The van der Waals surface area contributed by atoms with Gasteiger partial charge in [-0.1, -0.05) is 60.7 Å². The van der Waals surface area contributed by atoms with Crippen LogP contribution in [0.2, 0.25) is 0 Å². The van der Waals surface area contributed by atoms with Crippen LogP contribution in [0.1, 0.15) is 43.4 Å². The summed E-state index contributed by atoms with van der Waals surface area (Å²) in [6.45, 7) is 3.75. The summed E-state index contributed by atoms with van der Waals surface area (Å²) in [5.74, 6) is 0.333. The molecule has 0 spiro atoms. The highest BCUT2D eigenvalue weighted by Crippen LogP contribution is 2.35. The summed E-state index contributed by atoms with van der Waals surface area (Å²) in [6.07, 6.45) is 0. The van der Waals surface area contributed by atoms with E-state index >= 15 is 0 Å². The first-order chi connectivity index (χ1) is 14.5. The van der Waals surface area contributed by atoms with Crippen LogP contribution in [0.5, 0.6) is 0 Å². The maximum atomic E-state index is 12.9. The standard InChI is InChI=1S/C26H18O4/c1-15-19-13-20-16(2)26(24(28)18-11-7-4-8-12-18)30-22(20)14-21(19)29-25(15)23(27)17-9-5-3-6-10-17/h3-14H,1-2H3. The van der Waals surface area contributed by atoms with Crippen LogP contribution >= 0.6 is 0 Å². The molecule has 0 atom stereocenters. The molecule has 30 heavy (non-hydrogen) atoms. The Morgan fingerprint density at radius 2 is 1.00 bits per heavy atom. The van der Waals surface area contributed by atoms with Crippen LogP contribution in [0.3, 0.4) is 0 Å². The molecule has 2 heterocycles. The third kappa shape index (κ3) is 2.77. The number of furan rings is 2. The zero-order chi connectivity index (χ0) is 20.8. The number of fused-ring (bicyclic) bond motifs is 2. The molecular formula is C26H18O4. The van der Waals surface area contributed by atoms with Crippen molar-refractivity contribution in [3.8, 4) is 0 Å². The second-order valence-corrected chi connectivity index (χ2v) is 7.35. The van der Waals surface area contributed by atoms with Crippen molar-refractivity contribution in [2.24, 2.45) is 0 Å². The van der Waals surface area contributed by atoms with Gasteiger partial charge in [-0.3, -0.25) is 9.59 Å². The van der Waals surface area contributed by atoms with Crippen LogP contribution in [0.4, 0.5) is 0 Å². The molecule has 0 amide bonds. The molecule has 0 N–H and O–H groups in total. The summed E-state index contributed by atoms with van der Waals surface area (Å²) >= 11 is 0. The van der Waals surface area contributed by atoms with Crippen LogP contribution in [0.25, 0.3) is 21.9 Å². The minimum absolute atomic E-state index is 0.155. The third-order valence-electron chi connectivity index (χ3n) is 5.48. The van der Waals surface area contributed by atoms with Gasteiger partial charge in [0.2, 0.25) is 11.6 Å². The molecule has 0 saturated heterocycles. The molecule has 0 fully saturated rings. The fourth-order valence-electron chi connectivity index (χ4n) is 3.81. The number of benzene rings is 3. The number of hydrogen-bond acceptors (Lipinski definition) is 4. The molecule has 0 aliphatic heterocycles. The number of carbonyl (C=O) groups is 2. The van der Waals surface area contributed by atoms with Gasteiger partial charge in [0.1, 0.15) is 11.2 Å². The van der Waals surface area contributed by atoms with Crippen LogP contribution < -0.4 is 0 Å². The molecule has 5 aromatic rings. The Bertz CT molecular complexity index is 1310. The second kappa shape index (κ2) is 6.85. The highest BCUT2D eigenvalue weighted by molar-refractivity contribution is 6.13. The van der Waals surface area contributed by atoms with Gasteiger partial charge in [0.25, 0.3) is 0 Å². The minimum atomic E-state index is -0.155. The molecule has 0 aliphatic carbocycles. The first kappa shape index (κ1) is 18.1. The average molecular weight is 394 g/mol. The Labute approximate surface area is 172 Å². The van der Waals surface area contributed by atoms with Gasteiger partial charge in [-0.25, -0.2) is 0 Å². The van der Waals surface area contributed by atoms with Gasteiger partial charge in [-0.15, -0.1) is 0 Å². The highest BCUT2D eigenvalue weighted by atomic mass is 16.4. The monoisotopic (exact) mass is 394 g/mol. The third-order valence-corrected chi connectivity index (χ3v) is 5.48. The van der Waals surface area contributed by atoms with Crippen molar-refractivity contribution in [1.29, 1.82) is 0 Å². The second-order valence-electron chi connectivity index (χ2n) is 7.35. The number of hydrogen-bond donors (Lipinski definition) is 0. The molecule has 0 radical (unpaired) electrons. The van der Waals surface area contributed by atoms with Gasteiger partial charge in [-0.2, -0.15) is 0 Å². The Kier molecular flexibility index (Phi) is 4.14. The molecule has 3 aromatic carbocycles. The van der Waals surface area contributed by atoms with E-state index in [1.54, 1.807) is 30.3 Å². The van der Waals surface area contributed by atoms with E-state index in [-0.39, 0.29) is 11.6 Å². The fraction of sp³-hybridized carbons (Fsp3) is 0.0769. The van der Waals surface area contributed by atoms with Crippen LogP contribution in [-0.2, 0) is 0 Å². The lowest BCUT2D eigenvalue weighted by atomic mass is 10.0. The fourth-order valence-corrected chi connectivity index (χ4v) is 3.81. The van der Waals surface area contributed by atoms with Gasteiger partial charge in [-0.05, 0) is 19.9 Å². The molecule has 2 aromatic heterocycles. The number of aryl methyl sites for hydroxylation is 2. The summed E-state index contributed by atoms with van der Waals surface area (Å²) in [5, 5.41) is 1.67. The zero-order valence-corrected chi connectivity index (χ0v) is 16.6. The van der Waals surface area contributed by atoms with E-state index in [1.807, 2.05) is 56.3 Å². The van der Waals surface area contributed by atoms with Gasteiger partial charge < -0.3 is 8.83 Å². The van der Waals surface area contributed by atoms with E-state index in [0.717, 1.165) is 21.9 Å².